The van der Waals surface area contributed by atoms with E-state index in [0.29, 0.717) is 23.4 Å². The molecule has 1 aromatic carbocycles. The molecule has 1 amide bonds. The van der Waals surface area contributed by atoms with Gasteiger partial charge < -0.3 is 10.1 Å². The molecule has 0 fully saturated rings. The lowest BCUT2D eigenvalue weighted by Gasteiger charge is -2.05. The molecule has 0 radical (unpaired) electrons. The number of nitrogens with one attached hydrogen (secondary N) is 1. The number of hydrogen-bond acceptors (Lipinski definition) is 5. The fourth-order valence-corrected chi connectivity index (χ4v) is 1.98. The molecule has 1 aromatic rings. The Morgan fingerprint density at radius 2 is 2.00 bits per heavy atom. The van der Waals surface area contributed by atoms with Crippen molar-refractivity contribution < 1.29 is 19.1 Å². The number of carbonyl (C=O) groups excluding carboxylic acids is 3. The van der Waals surface area contributed by atoms with Gasteiger partial charge in [0.25, 0.3) is 0 Å². The monoisotopic (exact) mass is 281 g/mol. The number of benzene rings is 1. The van der Waals surface area contributed by atoms with E-state index in [4.69, 9.17) is 0 Å². The molecule has 6 heteroatoms. The number of anilines is 1. The summed E-state index contributed by atoms with van der Waals surface area (Å²) in [6, 6.07) is 6.60. The summed E-state index contributed by atoms with van der Waals surface area (Å²) < 4.78 is 4.49. The Morgan fingerprint density at radius 3 is 2.58 bits per heavy atom. The molecule has 0 aliphatic rings. The Hall–Kier alpha value is -1.82. The van der Waals surface area contributed by atoms with Crippen LogP contribution in [0.3, 0.4) is 0 Å². The predicted octanol–water partition coefficient (Wildman–Crippen LogP) is 1.73. The number of methoxy groups -OCH3 is 1. The normalized spacial score (nSPS) is 9.74. The number of aldehydes is 1. The Balaban J connectivity index is 2.26. The van der Waals surface area contributed by atoms with Gasteiger partial charge in [-0.05, 0) is 24.3 Å². The first-order chi connectivity index (χ1) is 9.15. The number of carbonyl (C=O) groups is 3. The first kappa shape index (κ1) is 15.2. The van der Waals surface area contributed by atoms with Crippen molar-refractivity contribution in [2.24, 2.45) is 0 Å². The molecule has 0 saturated heterocycles. The summed E-state index contributed by atoms with van der Waals surface area (Å²) in [6.45, 7) is 0. The molecule has 0 bridgehead atoms. The topological polar surface area (TPSA) is 72.5 Å². The van der Waals surface area contributed by atoms with Gasteiger partial charge >= 0.3 is 5.97 Å². The molecule has 0 heterocycles. The van der Waals surface area contributed by atoms with Crippen LogP contribution in [0.15, 0.2) is 24.3 Å². The minimum absolute atomic E-state index is 0.145. The van der Waals surface area contributed by atoms with E-state index < -0.39 is 0 Å². The molecule has 0 aromatic heterocycles. The third-order valence-corrected chi connectivity index (χ3v) is 3.20. The Kier molecular flexibility index (Phi) is 6.67. The van der Waals surface area contributed by atoms with Gasteiger partial charge in [0.1, 0.15) is 6.29 Å². The number of amides is 1. The van der Waals surface area contributed by atoms with Crippen LogP contribution in [-0.4, -0.2) is 36.8 Å². The van der Waals surface area contributed by atoms with Crippen LogP contribution < -0.4 is 5.32 Å². The molecule has 1 rings (SSSR count). The first-order valence-corrected chi connectivity index (χ1v) is 6.81. The number of ether oxygens (including phenoxy) is 1. The predicted molar refractivity (Wildman–Crippen MR) is 74.4 cm³/mol. The molecule has 1 N–H and O–H groups in total. The highest BCUT2D eigenvalue weighted by atomic mass is 32.2. The van der Waals surface area contributed by atoms with Crippen molar-refractivity contribution in [1.29, 1.82) is 0 Å². The number of thioether (sulfide) groups is 1. The summed E-state index contributed by atoms with van der Waals surface area (Å²) >= 11 is 1.36. The van der Waals surface area contributed by atoms with Crippen LogP contribution in [0.4, 0.5) is 5.69 Å². The first-order valence-electron chi connectivity index (χ1n) is 5.65. The summed E-state index contributed by atoms with van der Waals surface area (Å²) in [5.74, 6) is 0.391. The van der Waals surface area contributed by atoms with Gasteiger partial charge in [-0.2, -0.15) is 11.8 Å². The molecule has 0 unspecified atom stereocenters. The van der Waals surface area contributed by atoms with Gasteiger partial charge in [-0.25, -0.2) is 0 Å². The third-order valence-electron chi connectivity index (χ3n) is 2.24. The zero-order valence-electron chi connectivity index (χ0n) is 10.5. The highest BCUT2D eigenvalue weighted by Crippen LogP contribution is 2.10. The summed E-state index contributed by atoms with van der Waals surface area (Å²) in [5.41, 5.74) is 1.20. The van der Waals surface area contributed by atoms with Gasteiger partial charge in [0.15, 0.2) is 0 Å². The van der Waals surface area contributed by atoms with E-state index in [-0.39, 0.29) is 17.6 Å². The zero-order chi connectivity index (χ0) is 14.1. The van der Waals surface area contributed by atoms with Crippen LogP contribution >= 0.6 is 11.8 Å². The number of hydrogen-bond donors (Lipinski definition) is 1. The van der Waals surface area contributed by atoms with Gasteiger partial charge in [0, 0.05) is 17.0 Å². The number of rotatable bonds is 7. The van der Waals surface area contributed by atoms with Crippen LogP contribution in [-0.2, 0) is 14.3 Å². The maximum Gasteiger partial charge on any atom is 0.306 e. The molecular weight excluding hydrogens is 266 g/mol. The van der Waals surface area contributed by atoms with Crippen molar-refractivity contribution in [2.75, 3.05) is 23.9 Å². The van der Waals surface area contributed by atoms with Crippen LogP contribution in [0, 0.1) is 0 Å². The highest BCUT2D eigenvalue weighted by Gasteiger charge is 2.04. The second-order valence-corrected chi connectivity index (χ2v) is 4.77. The van der Waals surface area contributed by atoms with Crippen molar-refractivity contribution in [3.63, 3.8) is 0 Å². The molecule has 0 aliphatic carbocycles. The van der Waals surface area contributed by atoms with Crippen molar-refractivity contribution in [3.05, 3.63) is 29.8 Å². The molecule has 0 aliphatic heterocycles. The van der Waals surface area contributed by atoms with Crippen molar-refractivity contribution in [3.8, 4) is 0 Å². The van der Waals surface area contributed by atoms with E-state index in [1.165, 1.54) is 18.9 Å². The summed E-state index contributed by atoms with van der Waals surface area (Å²) in [7, 11) is 1.34. The van der Waals surface area contributed by atoms with Crippen LogP contribution in [0.1, 0.15) is 16.8 Å². The lowest BCUT2D eigenvalue weighted by molar-refractivity contribution is -0.140. The van der Waals surface area contributed by atoms with Crippen molar-refractivity contribution in [2.45, 2.75) is 6.42 Å². The van der Waals surface area contributed by atoms with Crippen molar-refractivity contribution >= 4 is 35.6 Å². The smallest absolute Gasteiger partial charge is 0.306 e. The quantitative estimate of drug-likeness (QED) is 0.468. The average Bonchev–Trinajstić information content (AvgIpc) is 2.44. The van der Waals surface area contributed by atoms with E-state index in [1.54, 1.807) is 24.3 Å². The van der Waals surface area contributed by atoms with Crippen LogP contribution in [0.5, 0.6) is 0 Å². The maximum absolute atomic E-state index is 11.6. The van der Waals surface area contributed by atoms with E-state index in [0.717, 1.165) is 6.29 Å². The minimum Gasteiger partial charge on any atom is -0.469 e. The largest absolute Gasteiger partial charge is 0.469 e. The van der Waals surface area contributed by atoms with Crippen LogP contribution in [0.25, 0.3) is 0 Å². The standard InChI is InChI=1S/C13H15NO4S/c1-18-13(17)6-7-19-9-12(16)14-11-4-2-10(8-15)3-5-11/h2-5,8H,6-7,9H2,1H3,(H,14,16). The van der Waals surface area contributed by atoms with Crippen LogP contribution in [0.2, 0.25) is 0 Å². The molecular formula is C13H15NO4S. The fourth-order valence-electron chi connectivity index (χ4n) is 1.26. The number of esters is 1. The lowest BCUT2D eigenvalue weighted by atomic mass is 10.2. The summed E-state index contributed by atoms with van der Waals surface area (Å²) in [5, 5.41) is 2.70. The SMILES string of the molecule is COC(=O)CCSCC(=O)Nc1ccc(C=O)cc1. The van der Waals surface area contributed by atoms with E-state index in [2.05, 4.69) is 10.1 Å². The Morgan fingerprint density at radius 1 is 1.32 bits per heavy atom. The summed E-state index contributed by atoms with van der Waals surface area (Å²) in [4.78, 5) is 32.9. The van der Waals surface area contributed by atoms with Gasteiger partial charge in [-0.15, -0.1) is 0 Å². The van der Waals surface area contributed by atoms with Gasteiger partial charge in [-0.3, -0.25) is 14.4 Å². The molecule has 19 heavy (non-hydrogen) atoms. The second kappa shape index (κ2) is 8.31. The Labute approximate surface area is 115 Å². The molecule has 0 atom stereocenters. The minimum atomic E-state index is -0.280. The van der Waals surface area contributed by atoms with E-state index in [1.807, 2.05) is 0 Å². The molecule has 0 saturated carbocycles. The third kappa shape index (κ3) is 6.05. The Bertz CT molecular complexity index is 444. The summed E-state index contributed by atoms with van der Waals surface area (Å²) in [6.07, 6.45) is 1.04. The van der Waals surface area contributed by atoms with E-state index in [9.17, 15) is 14.4 Å². The van der Waals surface area contributed by atoms with E-state index >= 15 is 0 Å². The van der Waals surface area contributed by atoms with Gasteiger partial charge in [0.05, 0.1) is 19.3 Å². The average molecular weight is 281 g/mol. The second-order valence-electron chi connectivity index (χ2n) is 3.67. The molecule has 102 valence electrons. The molecule has 5 nitrogen and oxygen atoms in total. The van der Waals surface area contributed by atoms with Crippen molar-refractivity contribution in [1.82, 2.24) is 0 Å². The fraction of sp³-hybridized carbons (Fsp3) is 0.308. The highest BCUT2D eigenvalue weighted by molar-refractivity contribution is 7.99. The molecule has 0 spiro atoms. The lowest BCUT2D eigenvalue weighted by Crippen LogP contribution is -2.14. The zero-order valence-corrected chi connectivity index (χ0v) is 11.4. The van der Waals surface area contributed by atoms with Gasteiger partial charge in [-0.1, -0.05) is 0 Å². The maximum atomic E-state index is 11.6. The van der Waals surface area contributed by atoms with Gasteiger partial charge in [0.2, 0.25) is 5.91 Å².